The third kappa shape index (κ3) is 7.24. The lowest BCUT2D eigenvalue weighted by Crippen LogP contribution is -2.40. The summed E-state index contributed by atoms with van der Waals surface area (Å²) < 4.78 is 0.802. The average molecular weight is 357 g/mol. The van der Waals surface area contributed by atoms with E-state index in [1.807, 2.05) is 19.9 Å². The zero-order valence-corrected chi connectivity index (χ0v) is 13.8. The minimum atomic E-state index is -0.560. The summed E-state index contributed by atoms with van der Waals surface area (Å²) >= 11 is 3.28. The molecule has 5 nitrogen and oxygen atoms in total. The lowest BCUT2D eigenvalue weighted by molar-refractivity contribution is -0.120. The second-order valence-corrected chi connectivity index (χ2v) is 6.20. The predicted octanol–water partition coefficient (Wildman–Crippen LogP) is 1.70. The molecule has 0 heterocycles. The van der Waals surface area contributed by atoms with E-state index in [1.165, 1.54) is 0 Å². The van der Waals surface area contributed by atoms with E-state index in [-0.39, 0.29) is 24.9 Å². The van der Waals surface area contributed by atoms with Crippen LogP contribution in [0.3, 0.4) is 0 Å². The molecule has 1 unspecified atom stereocenters. The van der Waals surface area contributed by atoms with Gasteiger partial charge in [-0.3, -0.25) is 9.59 Å². The summed E-state index contributed by atoms with van der Waals surface area (Å²) in [4.78, 5) is 23.4. The van der Waals surface area contributed by atoms with Gasteiger partial charge in [0.15, 0.2) is 0 Å². The highest BCUT2D eigenvalue weighted by Crippen LogP contribution is 2.11. The molecular formula is C15H21BrN2O3. The first-order chi connectivity index (χ1) is 9.88. The Morgan fingerprint density at radius 3 is 2.62 bits per heavy atom. The van der Waals surface area contributed by atoms with Crippen molar-refractivity contribution in [2.24, 2.45) is 5.92 Å². The summed E-state index contributed by atoms with van der Waals surface area (Å²) in [7, 11) is 0. The number of aliphatic hydroxyl groups excluding tert-OH is 1. The molecule has 0 saturated heterocycles. The van der Waals surface area contributed by atoms with Crippen LogP contribution in [-0.4, -0.2) is 36.1 Å². The minimum Gasteiger partial charge on any atom is -0.391 e. The van der Waals surface area contributed by atoms with Crippen molar-refractivity contribution < 1.29 is 14.7 Å². The van der Waals surface area contributed by atoms with Crippen LogP contribution >= 0.6 is 15.9 Å². The van der Waals surface area contributed by atoms with Gasteiger partial charge in [-0.1, -0.05) is 35.8 Å². The Balaban J connectivity index is 2.31. The fourth-order valence-corrected chi connectivity index (χ4v) is 2.21. The minimum absolute atomic E-state index is 0.111. The molecule has 116 valence electrons. The van der Waals surface area contributed by atoms with Gasteiger partial charge in [-0.25, -0.2) is 0 Å². The third-order valence-electron chi connectivity index (χ3n) is 2.77. The first-order valence-electron chi connectivity index (χ1n) is 6.87. The van der Waals surface area contributed by atoms with Gasteiger partial charge in [-0.2, -0.15) is 0 Å². The molecule has 2 amide bonds. The van der Waals surface area contributed by atoms with Gasteiger partial charge in [0.25, 0.3) is 5.91 Å². The molecule has 0 bridgehead atoms. The molecule has 0 fully saturated rings. The largest absolute Gasteiger partial charge is 0.391 e. The molecule has 0 saturated carbocycles. The molecule has 0 aliphatic rings. The Hall–Kier alpha value is -1.40. The van der Waals surface area contributed by atoms with Gasteiger partial charge in [-0.15, -0.1) is 0 Å². The lowest BCUT2D eigenvalue weighted by atomic mass is 10.1. The SMILES string of the molecule is CC(C)CC(O)CNC(=O)CNC(=O)c1cccc(Br)c1. The van der Waals surface area contributed by atoms with Crippen molar-refractivity contribution in [1.29, 1.82) is 0 Å². The zero-order valence-electron chi connectivity index (χ0n) is 12.2. The number of rotatable bonds is 7. The van der Waals surface area contributed by atoms with Crippen LogP contribution in [0.4, 0.5) is 0 Å². The third-order valence-corrected chi connectivity index (χ3v) is 3.27. The molecule has 1 aromatic carbocycles. The molecular weight excluding hydrogens is 336 g/mol. The summed E-state index contributed by atoms with van der Waals surface area (Å²) in [6.45, 7) is 4.09. The van der Waals surface area contributed by atoms with Gasteiger partial charge in [0, 0.05) is 16.6 Å². The highest BCUT2D eigenvalue weighted by molar-refractivity contribution is 9.10. The van der Waals surface area contributed by atoms with Crippen molar-refractivity contribution in [3.8, 4) is 0 Å². The summed E-state index contributed by atoms with van der Waals surface area (Å²) in [5.74, 6) is -0.261. The van der Waals surface area contributed by atoms with Gasteiger partial charge in [0.2, 0.25) is 5.91 Å². The summed E-state index contributed by atoms with van der Waals surface area (Å²) in [5, 5.41) is 14.8. The maximum Gasteiger partial charge on any atom is 0.251 e. The Bertz CT molecular complexity index is 492. The Morgan fingerprint density at radius 2 is 2.00 bits per heavy atom. The monoisotopic (exact) mass is 356 g/mol. The first-order valence-corrected chi connectivity index (χ1v) is 7.66. The van der Waals surface area contributed by atoms with Crippen LogP contribution in [0.2, 0.25) is 0 Å². The van der Waals surface area contributed by atoms with Crippen molar-refractivity contribution in [1.82, 2.24) is 10.6 Å². The van der Waals surface area contributed by atoms with Crippen LogP contribution in [0.15, 0.2) is 28.7 Å². The van der Waals surface area contributed by atoms with Crippen molar-refractivity contribution >= 4 is 27.7 Å². The second-order valence-electron chi connectivity index (χ2n) is 5.28. The second kappa shape index (κ2) is 8.79. The van der Waals surface area contributed by atoms with Gasteiger partial charge < -0.3 is 15.7 Å². The van der Waals surface area contributed by atoms with Crippen LogP contribution in [0.25, 0.3) is 0 Å². The molecule has 0 radical (unpaired) electrons. The van der Waals surface area contributed by atoms with Gasteiger partial charge in [0.1, 0.15) is 0 Å². The number of hydrogen-bond acceptors (Lipinski definition) is 3. The number of carbonyl (C=O) groups is 2. The number of nitrogens with one attached hydrogen (secondary N) is 2. The first kappa shape index (κ1) is 17.7. The standard InChI is InChI=1S/C15H21BrN2O3/c1-10(2)6-13(19)8-17-14(20)9-18-15(21)11-4-3-5-12(16)7-11/h3-5,7,10,13,19H,6,8-9H2,1-2H3,(H,17,20)(H,18,21). The average Bonchev–Trinajstić information content (AvgIpc) is 2.41. The van der Waals surface area contributed by atoms with Crippen molar-refractivity contribution in [2.75, 3.05) is 13.1 Å². The van der Waals surface area contributed by atoms with Crippen LogP contribution in [0, 0.1) is 5.92 Å². The van der Waals surface area contributed by atoms with E-state index < -0.39 is 6.10 Å². The molecule has 6 heteroatoms. The quantitative estimate of drug-likeness (QED) is 0.695. The number of aliphatic hydroxyl groups is 1. The van der Waals surface area contributed by atoms with E-state index in [0.717, 1.165) is 4.47 Å². The van der Waals surface area contributed by atoms with E-state index in [0.29, 0.717) is 17.9 Å². The smallest absolute Gasteiger partial charge is 0.251 e. The normalized spacial score (nSPS) is 12.0. The highest BCUT2D eigenvalue weighted by Gasteiger charge is 2.11. The molecule has 0 aliphatic carbocycles. The fraction of sp³-hybridized carbons (Fsp3) is 0.467. The molecule has 1 rings (SSSR count). The van der Waals surface area contributed by atoms with Gasteiger partial charge >= 0.3 is 0 Å². The van der Waals surface area contributed by atoms with E-state index in [2.05, 4.69) is 26.6 Å². The number of amides is 2. The Labute approximate surface area is 133 Å². The van der Waals surface area contributed by atoms with Gasteiger partial charge in [-0.05, 0) is 30.5 Å². The van der Waals surface area contributed by atoms with Crippen molar-refractivity contribution in [2.45, 2.75) is 26.4 Å². The molecule has 0 aliphatic heterocycles. The number of hydrogen-bond donors (Lipinski definition) is 3. The molecule has 1 atom stereocenters. The lowest BCUT2D eigenvalue weighted by Gasteiger charge is -2.14. The maximum atomic E-state index is 11.8. The van der Waals surface area contributed by atoms with E-state index in [1.54, 1.807) is 18.2 Å². The maximum absolute atomic E-state index is 11.8. The van der Waals surface area contributed by atoms with Crippen LogP contribution in [0.5, 0.6) is 0 Å². The number of halogens is 1. The molecule has 21 heavy (non-hydrogen) atoms. The molecule has 3 N–H and O–H groups in total. The summed E-state index contributed by atoms with van der Waals surface area (Å²) in [6, 6.07) is 6.92. The van der Waals surface area contributed by atoms with Crippen LogP contribution in [0.1, 0.15) is 30.6 Å². The van der Waals surface area contributed by atoms with Crippen LogP contribution in [-0.2, 0) is 4.79 Å². The van der Waals surface area contributed by atoms with Gasteiger partial charge in [0.05, 0.1) is 12.6 Å². The van der Waals surface area contributed by atoms with Crippen LogP contribution < -0.4 is 10.6 Å². The topological polar surface area (TPSA) is 78.4 Å². The van der Waals surface area contributed by atoms with Crippen molar-refractivity contribution in [3.05, 3.63) is 34.3 Å². The fourth-order valence-electron chi connectivity index (χ4n) is 1.81. The predicted molar refractivity (Wildman–Crippen MR) is 84.9 cm³/mol. The highest BCUT2D eigenvalue weighted by atomic mass is 79.9. The zero-order chi connectivity index (χ0) is 15.8. The molecule has 0 aromatic heterocycles. The summed E-state index contributed by atoms with van der Waals surface area (Å²) in [5.41, 5.74) is 0.483. The Kier molecular flexibility index (Phi) is 7.39. The molecule has 1 aromatic rings. The Morgan fingerprint density at radius 1 is 1.29 bits per heavy atom. The van der Waals surface area contributed by atoms with E-state index in [4.69, 9.17) is 0 Å². The number of benzene rings is 1. The van der Waals surface area contributed by atoms with E-state index >= 15 is 0 Å². The molecule has 0 spiro atoms. The number of carbonyl (C=O) groups excluding carboxylic acids is 2. The summed E-state index contributed by atoms with van der Waals surface area (Å²) in [6.07, 6.45) is 0.0692. The van der Waals surface area contributed by atoms with Crippen molar-refractivity contribution in [3.63, 3.8) is 0 Å². The van der Waals surface area contributed by atoms with E-state index in [9.17, 15) is 14.7 Å².